The fraction of sp³-hybridized carbons (Fsp3) is 0.167. The molecule has 0 radical (unpaired) electrons. The van der Waals surface area contributed by atoms with Gasteiger partial charge in [0.15, 0.2) is 0 Å². The molecule has 12 heavy (non-hydrogen) atoms. The molecule has 1 heterocycles. The van der Waals surface area contributed by atoms with Gasteiger partial charge in [-0.2, -0.15) is 18.3 Å². The van der Waals surface area contributed by atoms with Crippen LogP contribution in [-0.4, -0.2) is 11.2 Å². The number of nitrogens with one attached hydrogen (secondary N) is 1. The highest BCUT2D eigenvalue weighted by Gasteiger charge is 2.31. The summed E-state index contributed by atoms with van der Waals surface area (Å²) in [7, 11) is 0. The molecule has 0 spiro atoms. The molecule has 3 nitrogen and oxygen atoms in total. The number of hydrazone groups is 1. The van der Waals surface area contributed by atoms with Crippen LogP contribution in [0, 0.1) is 0 Å². The lowest BCUT2D eigenvalue weighted by Crippen LogP contribution is -2.05. The Bertz CT molecular complexity index is 286. The normalized spacial score (nSPS) is 12.6. The minimum atomic E-state index is -4.35. The van der Waals surface area contributed by atoms with Crippen molar-refractivity contribution in [2.45, 2.75) is 6.18 Å². The summed E-state index contributed by atoms with van der Waals surface area (Å²) < 4.78 is 35.8. The number of hydrogen-bond acceptors (Lipinski definition) is 2. The van der Waals surface area contributed by atoms with Crippen LogP contribution in [0.15, 0.2) is 17.2 Å². The molecule has 0 aromatic carbocycles. The molecule has 0 atom stereocenters. The summed E-state index contributed by atoms with van der Waals surface area (Å²) in [5, 5.41) is 3.08. The predicted molar refractivity (Wildman–Crippen MR) is 37.6 cm³/mol. The van der Waals surface area contributed by atoms with E-state index >= 15 is 0 Å². The van der Waals surface area contributed by atoms with Crippen molar-refractivity contribution in [2.24, 2.45) is 10.9 Å². The van der Waals surface area contributed by atoms with Crippen molar-refractivity contribution < 1.29 is 13.2 Å². The van der Waals surface area contributed by atoms with Gasteiger partial charge in [-0.15, -0.1) is 0 Å². The standard InChI is InChI=1S/C6H6F3N3/c7-6(8,9)5-2-1-4(12-5)3-11-10/h1-3,12H,10H2/b11-3+. The highest BCUT2D eigenvalue weighted by Crippen LogP contribution is 2.27. The van der Waals surface area contributed by atoms with E-state index in [1.807, 2.05) is 0 Å². The van der Waals surface area contributed by atoms with Crippen molar-refractivity contribution >= 4 is 6.21 Å². The second kappa shape index (κ2) is 2.88. The number of hydrogen-bond donors (Lipinski definition) is 2. The maximum absolute atomic E-state index is 11.9. The van der Waals surface area contributed by atoms with Gasteiger partial charge >= 0.3 is 6.18 Å². The minimum Gasteiger partial charge on any atom is -0.350 e. The van der Waals surface area contributed by atoms with Gasteiger partial charge in [0.2, 0.25) is 0 Å². The Labute approximate surface area is 66.1 Å². The summed E-state index contributed by atoms with van der Waals surface area (Å²) in [4.78, 5) is 2.10. The topological polar surface area (TPSA) is 54.2 Å². The maximum atomic E-state index is 11.9. The highest BCUT2D eigenvalue weighted by atomic mass is 19.4. The third-order valence-corrected chi connectivity index (χ3v) is 1.23. The van der Waals surface area contributed by atoms with Crippen molar-refractivity contribution in [1.82, 2.24) is 4.98 Å². The molecule has 3 N–H and O–H groups in total. The summed E-state index contributed by atoms with van der Waals surface area (Å²) in [6, 6.07) is 2.18. The van der Waals surface area contributed by atoms with Crippen LogP contribution in [0.1, 0.15) is 11.4 Å². The molecule has 1 aromatic heterocycles. The number of H-pyrrole nitrogens is 1. The Balaban J connectivity index is 2.92. The van der Waals surface area contributed by atoms with Crippen molar-refractivity contribution in [3.8, 4) is 0 Å². The zero-order valence-corrected chi connectivity index (χ0v) is 5.89. The van der Waals surface area contributed by atoms with Crippen LogP contribution in [0.4, 0.5) is 13.2 Å². The number of alkyl halides is 3. The minimum absolute atomic E-state index is 0.227. The first-order chi connectivity index (χ1) is 5.54. The first-order valence-electron chi connectivity index (χ1n) is 3.03. The third kappa shape index (κ3) is 1.77. The van der Waals surface area contributed by atoms with Crippen LogP contribution in [0.3, 0.4) is 0 Å². The number of halogens is 3. The van der Waals surface area contributed by atoms with Gasteiger partial charge in [-0.3, -0.25) is 0 Å². The molecule has 0 fully saturated rings. The van der Waals surface area contributed by atoms with Crippen molar-refractivity contribution in [3.63, 3.8) is 0 Å². The van der Waals surface area contributed by atoms with E-state index in [0.717, 1.165) is 12.3 Å². The fourth-order valence-corrected chi connectivity index (χ4v) is 0.733. The Kier molecular flexibility index (Phi) is 2.07. The summed E-state index contributed by atoms with van der Waals surface area (Å²) in [5.74, 6) is 4.75. The SMILES string of the molecule is N/N=C/c1ccc(C(F)(F)F)[nH]1. The van der Waals surface area contributed by atoms with Crippen LogP contribution < -0.4 is 5.84 Å². The summed E-state index contributed by atoms with van der Waals surface area (Å²) in [5.41, 5.74) is -0.581. The number of nitrogens with two attached hydrogens (primary N) is 1. The Hall–Kier alpha value is -1.46. The van der Waals surface area contributed by atoms with Gasteiger partial charge in [0.05, 0.1) is 11.9 Å². The molecule has 0 aliphatic carbocycles. The van der Waals surface area contributed by atoms with E-state index in [-0.39, 0.29) is 5.69 Å². The average molecular weight is 177 g/mol. The first kappa shape index (κ1) is 8.63. The zero-order chi connectivity index (χ0) is 9.19. The Morgan fingerprint density at radius 1 is 1.42 bits per heavy atom. The fourth-order valence-electron chi connectivity index (χ4n) is 0.733. The molecule has 0 aliphatic rings. The summed E-state index contributed by atoms with van der Waals surface area (Å²) in [6.45, 7) is 0. The number of aromatic amines is 1. The van der Waals surface area contributed by atoms with E-state index in [0.29, 0.717) is 0 Å². The van der Waals surface area contributed by atoms with E-state index in [1.54, 1.807) is 0 Å². The monoisotopic (exact) mass is 177 g/mol. The highest BCUT2D eigenvalue weighted by molar-refractivity contribution is 5.76. The molecule has 1 aromatic rings. The van der Waals surface area contributed by atoms with Gasteiger partial charge in [0.25, 0.3) is 0 Å². The van der Waals surface area contributed by atoms with Crippen LogP contribution in [-0.2, 0) is 6.18 Å². The van der Waals surface area contributed by atoms with Crippen molar-refractivity contribution in [3.05, 3.63) is 23.5 Å². The quantitative estimate of drug-likeness (QED) is 0.379. The number of rotatable bonds is 1. The maximum Gasteiger partial charge on any atom is 0.431 e. The van der Waals surface area contributed by atoms with Crippen LogP contribution in [0.25, 0.3) is 0 Å². The molecule has 0 aliphatic heterocycles. The van der Waals surface area contributed by atoms with Crippen LogP contribution in [0.5, 0.6) is 0 Å². The van der Waals surface area contributed by atoms with Gasteiger partial charge in [-0.25, -0.2) is 0 Å². The van der Waals surface area contributed by atoms with Gasteiger partial charge in [0.1, 0.15) is 5.69 Å². The lowest BCUT2D eigenvalue weighted by molar-refractivity contribution is -0.140. The molecular weight excluding hydrogens is 171 g/mol. The molecular formula is C6H6F3N3. The lowest BCUT2D eigenvalue weighted by Gasteiger charge is -2.01. The van der Waals surface area contributed by atoms with Crippen molar-refractivity contribution in [1.29, 1.82) is 0 Å². The molecule has 0 saturated heterocycles. The van der Waals surface area contributed by atoms with E-state index < -0.39 is 11.9 Å². The first-order valence-corrected chi connectivity index (χ1v) is 3.03. The van der Waals surface area contributed by atoms with E-state index in [9.17, 15) is 13.2 Å². The summed E-state index contributed by atoms with van der Waals surface area (Å²) >= 11 is 0. The summed E-state index contributed by atoms with van der Waals surface area (Å²) in [6.07, 6.45) is -3.24. The van der Waals surface area contributed by atoms with Crippen LogP contribution >= 0.6 is 0 Å². The molecule has 0 saturated carbocycles. The third-order valence-electron chi connectivity index (χ3n) is 1.23. The second-order valence-corrected chi connectivity index (χ2v) is 2.10. The van der Waals surface area contributed by atoms with Crippen molar-refractivity contribution in [2.75, 3.05) is 0 Å². The molecule has 0 amide bonds. The molecule has 66 valence electrons. The van der Waals surface area contributed by atoms with Gasteiger partial charge < -0.3 is 10.8 Å². The second-order valence-electron chi connectivity index (χ2n) is 2.10. The van der Waals surface area contributed by atoms with E-state index in [1.165, 1.54) is 6.07 Å². The van der Waals surface area contributed by atoms with Gasteiger partial charge in [-0.05, 0) is 12.1 Å². The van der Waals surface area contributed by atoms with E-state index in [2.05, 4.69) is 10.1 Å². The average Bonchev–Trinajstić information content (AvgIpc) is 2.35. The Morgan fingerprint density at radius 3 is 2.50 bits per heavy atom. The van der Waals surface area contributed by atoms with Crippen LogP contribution in [0.2, 0.25) is 0 Å². The largest absolute Gasteiger partial charge is 0.431 e. The molecule has 1 rings (SSSR count). The lowest BCUT2D eigenvalue weighted by atomic mass is 10.4. The predicted octanol–water partition coefficient (Wildman–Crippen LogP) is 1.33. The molecule has 6 heteroatoms. The zero-order valence-electron chi connectivity index (χ0n) is 5.89. The van der Waals surface area contributed by atoms with Gasteiger partial charge in [-0.1, -0.05) is 0 Å². The molecule has 0 bridgehead atoms. The van der Waals surface area contributed by atoms with E-state index in [4.69, 9.17) is 5.84 Å². The van der Waals surface area contributed by atoms with Gasteiger partial charge in [0, 0.05) is 0 Å². The number of nitrogens with zero attached hydrogens (tertiary/aromatic N) is 1. The molecule has 0 unspecified atom stereocenters. The Morgan fingerprint density at radius 2 is 2.08 bits per heavy atom. The smallest absolute Gasteiger partial charge is 0.350 e. The number of aromatic nitrogens is 1.